The minimum Gasteiger partial charge on any atom is -0.393 e. The molecule has 4 N–H and O–H groups in total. The van der Waals surface area contributed by atoms with Crippen LogP contribution in [0.5, 0.6) is 0 Å². The van der Waals surface area contributed by atoms with Gasteiger partial charge in [0.1, 0.15) is 0 Å². The van der Waals surface area contributed by atoms with Gasteiger partial charge in [-0.2, -0.15) is 0 Å². The summed E-state index contributed by atoms with van der Waals surface area (Å²) in [5, 5.41) is 15.3. The summed E-state index contributed by atoms with van der Waals surface area (Å²) < 4.78 is 0.495. The molecule has 0 bridgehead atoms. The fourth-order valence-corrected chi connectivity index (χ4v) is 0.462. The van der Waals surface area contributed by atoms with Gasteiger partial charge in [0.2, 0.25) is 0 Å². The fraction of sp³-hybridized carbons (Fsp3) is 0.167. The molecule has 0 heterocycles. The SMILES string of the molecule is N=C(/C=C\C=C(/N)Br)CO. The summed E-state index contributed by atoms with van der Waals surface area (Å²) in [4.78, 5) is 0. The van der Waals surface area contributed by atoms with Crippen LogP contribution in [-0.2, 0) is 0 Å². The van der Waals surface area contributed by atoms with Crippen LogP contribution in [0.1, 0.15) is 0 Å². The highest BCUT2D eigenvalue weighted by Crippen LogP contribution is 1.93. The van der Waals surface area contributed by atoms with Crippen LogP contribution in [-0.4, -0.2) is 17.4 Å². The van der Waals surface area contributed by atoms with Gasteiger partial charge in [0.25, 0.3) is 0 Å². The molecule has 0 aromatic heterocycles. The second-order valence-electron chi connectivity index (χ2n) is 1.59. The number of hydrogen-bond donors (Lipinski definition) is 3. The topological polar surface area (TPSA) is 70.1 Å². The van der Waals surface area contributed by atoms with E-state index in [1.807, 2.05) is 0 Å². The zero-order valence-corrected chi connectivity index (χ0v) is 6.93. The lowest BCUT2D eigenvalue weighted by molar-refractivity contribution is 0.357. The molecule has 10 heavy (non-hydrogen) atoms. The van der Waals surface area contributed by atoms with Gasteiger partial charge in [-0.05, 0) is 28.1 Å². The van der Waals surface area contributed by atoms with Gasteiger partial charge in [-0.1, -0.05) is 6.08 Å². The number of hydrogen-bond acceptors (Lipinski definition) is 3. The summed E-state index contributed by atoms with van der Waals surface area (Å²) in [7, 11) is 0. The molecule has 0 aromatic rings. The summed E-state index contributed by atoms with van der Waals surface area (Å²) >= 11 is 3.00. The number of nitrogens with one attached hydrogen (secondary N) is 1. The lowest BCUT2D eigenvalue weighted by Gasteiger charge is -1.85. The van der Waals surface area contributed by atoms with Gasteiger partial charge in [0.05, 0.1) is 16.9 Å². The van der Waals surface area contributed by atoms with Crippen molar-refractivity contribution >= 4 is 21.6 Å². The third kappa shape index (κ3) is 5.53. The van der Waals surface area contributed by atoms with Crippen molar-refractivity contribution in [2.24, 2.45) is 5.73 Å². The molecule has 4 heteroatoms. The first-order valence-corrected chi connectivity index (χ1v) is 3.43. The van der Waals surface area contributed by atoms with Crippen molar-refractivity contribution < 1.29 is 5.11 Å². The third-order valence-electron chi connectivity index (χ3n) is 0.723. The van der Waals surface area contributed by atoms with E-state index in [1.54, 1.807) is 12.2 Å². The van der Waals surface area contributed by atoms with Crippen LogP contribution in [0, 0.1) is 5.41 Å². The Bertz CT molecular complexity index is 171. The Morgan fingerprint density at radius 1 is 1.70 bits per heavy atom. The highest BCUT2D eigenvalue weighted by atomic mass is 79.9. The molecule has 56 valence electrons. The van der Waals surface area contributed by atoms with Crippen molar-refractivity contribution in [2.45, 2.75) is 0 Å². The number of rotatable bonds is 3. The Morgan fingerprint density at radius 3 is 2.70 bits per heavy atom. The molecule has 0 unspecified atom stereocenters. The van der Waals surface area contributed by atoms with Gasteiger partial charge in [-0.3, -0.25) is 0 Å². The maximum atomic E-state index is 8.36. The van der Waals surface area contributed by atoms with Crippen LogP contribution >= 0.6 is 15.9 Å². The zero-order chi connectivity index (χ0) is 7.98. The van der Waals surface area contributed by atoms with Crippen molar-refractivity contribution in [2.75, 3.05) is 6.61 Å². The van der Waals surface area contributed by atoms with Crippen molar-refractivity contribution in [1.29, 1.82) is 5.41 Å². The molecule has 0 atom stereocenters. The lowest BCUT2D eigenvalue weighted by atomic mass is 10.3. The molecule has 0 radical (unpaired) electrons. The van der Waals surface area contributed by atoms with Crippen LogP contribution in [0.15, 0.2) is 22.8 Å². The summed E-state index contributed by atoms with van der Waals surface area (Å²) in [5.74, 6) is 0. The monoisotopic (exact) mass is 204 g/mol. The number of aliphatic hydroxyl groups excluding tert-OH is 1. The number of halogens is 1. The summed E-state index contributed by atoms with van der Waals surface area (Å²) in [6.07, 6.45) is 4.64. The molecule has 0 amide bonds. The maximum Gasteiger partial charge on any atom is 0.0845 e. The second-order valence-corrected chi connectivity index (χ2v) is 2.51. The first kappa shape index (κ1) is 9.39. The van der Waals surface area contributed by atoms with Gasteiger partial charge in [0, 0.05) is 0 Å². The summed E-state index contributed by atoms with van der Waals surface area (Å²) in [6.45, 7) is -0.244. The van der Waals surface area contributed by atoms with Crippen molar-refractivity contribution in [3.8, 4) is 0 Å². The normalized spacial score (nSPS) is 12.4. The first-order chi connectivity index (χ1) is 4.66. The molecule has 3 nitrogen and oxygen atoms in total. The molecule has 0 saturated heterocycles. The molecule has 0 fully saturated rings. The molecule has 0 aliphatic heterocycles. The minimum absolute atomic E-state index is 0.157. The molecule has 0 aliphatic carbocycles. The average molecular weight is 205 g/mol. The van der Waals surface area contributed by atoms with E-state index in [0.717, 1.165) is 0 Å². The Balaban J connectivity index is 3.77. The first-order valence-electron chi connectivity index (χ1n) is 2.64. The van der Waals surface area contributed by atoms with Crippen LogP contribution < -0.4 is 5.73 Å². The number of allylic oxidation sites excluding steroid dienone is 2. The Morgan fingerprint density at radius 2 is 2.30 bits per heavy atom. The summed E-state index contributed by atoms with van der Waals surface area (Å²) in [5.41, 5.74) is 5.37. The van der Waals surface area contributed by atoms with E-state index in [2.05, 4.69) is 15.9 Å². The van der Waals surface area contributed by atoms with E-state index < -0.39 is 0 Å². The van der Waals surface area contributed by atoms with Crippen LogP contribution in [0.4, 0.5) is 0 Å². The van der Waals surface area contributed by atoms with Crippen LogP contribution in [0.3, 0.4) is 0 Å². The van der Waals surface area contributed by atoms with Crippen LogP contribution in [0.25, 0.3) is 0 Å². The highest BCUT2D eigenvalue weighted by molar-refractivity contribution is 9.11. The van der Waals surface area contributed by atoms with E-state index in [-0.39, 0.29) is 12.3 Å². The molecule has 0 saturated carbocycles. The molecule has 0 aromatic carbocycles. The second kappa shape index (κ2) is 5.20. The Hall–Kier alpha value is -0.610. The van der Waals surface area contributed by atoms with Gasteiger partial charge in [0.15, 0.2) is 0 Å². The van der Waals surface area contributed by atoms with E-state index in [0.29, 0.717) is 4.61 Å². The minimum atomic E-state index is -0.244. The molecular weight excluding hydrogens is 196 g/mol. The lowest BCUT2D eigenvalue weighted by Crippen LogP contribution is -1.96. The van der Waals surface area contributed by atoms with Gasteiger partial charge in [-0.15, -0.1) is 0 Å². The van der Waals surface area contributed by atoms with E-state index >= 15 is 0 Å². The molecule has 0 aliphatic rings. The predicted molar refractivity (Wildman–Crippen MR) is 45.1 cm³/mol. The van der Waals surface area contributed by atoms with Gasteiger partial charge >= 0.3 is 0 Å². The Kier molecular flexibility index (Phi) is 4.88. The number of nitrogens with two attached hydrogens (primary N) is 1. The summed E-state index contributed by atoms with van der Waals surface area (Å²) in [6, 6.07) is 0. The standard InChI is InChI=1S/C6H9BrN2O/c7-6(9)3-1-2-5(8)4-10/h1-3,8,10H,4,9H2/b2-1-,6-3-,8-5?. The molecular formula is C6H9BrN2O. The van der Waals surface area contributed by atoms with Gasteiger partial charge in [-0.25, -0.2) is 0 Å². The highest BCUT2D eigenvalue weighted by Gasteiger charge is 1.82. The van der Waals surface area contributed by atoms with E-state index in [4.69, 9.17) is 16.2 Å². The molecule has 0 rings (SSSR count). The zero-order valence-electron chi connectivity index (χ0n) is 5.34. The fourth-order valence-electron chi connectivity index (χ4n) is 0.309. The predicted octanol–water partition coefficient (Wildman–Crippen LogP) is 0.750. The largest absolute Gasteiger partial charge is 0.393 e. The van der Waals surface area contributed by atoms with Crippen molar-refractivity contribution in [3.63, 3.8) is 0 Å². The Labute approximate surface area is 67.9 Å². The molecule has 0 spiro atoms. The van der Waals surface area contributed by atoms with Crippen LogP contribution in [0.2, 0.25) is 0 Å². The average Bonchev–Trinajstić information content (AvgIpc) is 1.87. The van der Waals surface area contributed by atoms with Crippen molar-refractivity contribution in [1.82, 2.24) is 0 Å². The smallest absolute Gasteiger partial charge is 0.0845 e. The maximum absolute atomic E-state index is 8.36. The quantitative estimate of drug-likeness (QED) is 0.361. The third-order valence-corrected chi connectivity index (χ3v) is 0.988. The van der Waals surface area contributed by atoms with Gasteiger partial charge < -0.3 is 16.2 Å². The van der Waals surface area contributed by atoms with E-state index in [9.17, 15) is 0 Å². The van der Waals surface area contributed by atoms with E-state index in [1.165, 1.54) is 6.08 Å². The number of aliphatic hydroxyl groups is 1. The van der Waals surface area contributed by atoms with Crippen molar-refractivity contribution in [3.05, 3.63) is 22.8 Å².